The average Bonchev–Trinajstić information content (AvgIpc) is 3.30. The summed E-state index contributed by atoms with van der Waals surface area (Å²) in [6.07, 6.45) is 1.60. The molecule has 1 atom stereocenters. The van der Waals surface area contributed by atoms with Gasteiger partial charge < -0.3 is 9.30 Å². The summed E-state index contributed by atoms with van der Waals surface area (Å²) in [5, 5.41) is 21.4. The Kier molecular flexibility index (Phi) is 6.77. The van der Waals surface area contributed by atoms with Gasteiger partial charge in [0.05, 0.1) is 12.6 Å². The van der Waals surface area contributed by atoms with Crippen molar-refractivity contribution in [3.63, 3.8) is 0 Å². The van der Waals surface area contributed by atoms with Crippen molar-refractivity contribution in [2.45, 2.75) is 26.8 Å². The van der Waals surface area contributed by atoms with Crippen LogP contribution in [0.25, 0.3) is 16.6 Å². The molecule has 7 nitrogen and oxygen atoms in total. The number of aromatic nitrogens is 3. The molecule has 0 saturated carbocycles. The Hall–Kier alpha value is -3.28. The number of hydrogen-bond donors (Lipinski definition) is 1. The highest BCUT2D eigenvalue weighted by molar-refractivity contribution is 7.18. The number of hydrogen-bond acceptors (Lipinski definition) is 6. The number of nitriles is 1. The first-order valence-corrected chi connectivity index (χ1v) is 10.3. The average molecular weight is 422 g/mol. The molecule has 1 aromatic carbocycles. The Labute approximate surface area is 179 Å². The summed E-state index contributed by atoms with van der Waals surface area (Å²) in [7, 11) is 1.67. The number of amides is 1. The van der Waals surface area contributed by atoms with Gasteiger partial charge in [-0.25, -0.2) is 0 Å². The molecule has 0 aliphatic rings. The first-order chi connectivity index (χ1) is 14.4. The highest BCUT2D eigenvalue weighted by atomic mass is 32.1. The molecule has 3 aromatic rings. The van der Waals surface area contributed by atoms with Crippen LogP contribution in [-0.4, -0.2) is 34.4 Å². The lowest BCUT2D eigenvalue weighted by molar-refractivity contribution is -0.112. The van der Waals surface area contributed by atoms with Crippen molar-refractivity contribution >= 4 is 28.5 Å². The first kappa shape index (κ1) is 21.4. The Morgan fingerprint density at radius 2 is 2.07 bits per heavy atom. The smallest absolute Gasteiger partial charge is 0.268 e. The number of nitrogens with zero attached hydrogens (tertiary/aromatic N) is 4. The standard InChI is InChI=1S/C22H23N5O2S/c1-14-10-18(16(3)27(14)15(2)13-29-4)11-19(12-23)20(28)24-22-26-25-21(30-22)17-8-6-5-7-9-17/h5-11,15H,13H2,1-4H3,(H,24,26,28)/b19-11+. The van der Waals surface area contributed by atoms with Crippen LogP contribution in [-0.2, 0) is 9.53 Å². The number of carbonyl (C=O) groups is 1. The highest BCUT2D eigenvalue weighted by Crippen LogP contribution is 2.27. The SMILES string of the molecule is COCC(C)n1c(C)cc(/C=C(\C#N)C(=O)Nc2nnc(-c3ccccc3)s2)c1C. The van der Waals surface area contributed by atoms with Crippen LogP contribution in [0.15, 0.2) is 42.0 Å². The van der Waals surface area contributed by atoms with Gasteiger partial charge in [-0.3, -0.25) is 10.1 Å². The lowest BCUT2D eigenvalue weighted by atomic mass is 10.1. The maximum Gasteiger partial charge on any atom is 0.268 e. The Morgan fingerprint density at radius 3 is 2.73 bits per heavy atom. The maximum atomic E-state index is 12.6. The predicted octanol–water partition coefficient (Wildman–Crippen LogP) is 4.38. The van der Waals surface area contributed by atoms with E-state index in [9.17, 15) is 10.1 Å². The summed E-state index contributed by atoms with van der Waals surface area (Å²) in [6, 6.07) is 13.7. The van der Waals surface area contributed by atoms with Gasteiger partial charge in [-0.2, -0.15) is 5.26 Å². The second kappa shape index (κ2) is 9.48. The van der Waals surface area contributed by atoms with Crippen LogP contribution in [0.3, 0.4) is 0 Å². The molecule has 0 aliphatic heterocycles. The summed E-state index contributed by atoms with van der Waals surface area (Å²) in [6.45, 7) is 6.60. The fraction of sp³-hybridized carbons (Fsp3) is 0.273. The van der Waals surface area contributed by atoms with Gasteiger partial charge in [0.1, 0.15) is 16.6 Å². The summed E-state index contributed by atoms with van der Waals surface area (Å²) in [4.78, 5) is 12.6. The minimum absolute atomic E-state index is 0.00565. The second-order valence-corrected chi connectivity index (χ2v) is 7.88. The van der Waals surface area contributed by atoms with E-state index in [4.69, 9.17) is 4.74 Å². The lowest BCUT2D eigenvalue weighted by Gasteiger charge is -2.17. The van der Waals surface area contributed by atoms with Crippen LogP contribution in [0.1, 0.15) is 29.9 Å². The fourth-order valence-corrected chi connectivity index (χ4v) is 4.13. The van der Waals surface area contributed by atoms with E-state index in [1.54, 1.807) is 13.2 Å². The molecule has 0 fully saturated rings. The normalized spacial score (nSPS) is 12.4. The zero-order chi connectivity index (χ0) is 21.7. The molecule has 8 heteroatoms. The molecule has 1 unspecified atom stereocenters. The zero-order valence-corrected chi connectivity index (χ0v) is 18.2. The summed E-state index contributed by atoms with van der Waals surface area (Å²) in [5.74, 6) is -0.511. The van der Waals surface area contributed by atoms with E-state index in [0.717, 1.165) is 22.5 Å². The number of benzene rings is 1. The van der Waals surface area contributed by atoms with E-state index in [0.29, 0.717) is 16.7 Å². The third-order valence-electron chi connectivity index (χ3n) is 4.70. The van der Waals surface area contributed by atoms with Crippen LogP contribution < -0.4 is 5.32 Å². The number of rotatable bonds is 7. The van der Waals surface area contributed by atoms with Crippen molar-refractivity contribution < 1.29 is 9.53 Å². The van der Waals surface area contributed by atoms with Crippen LogP contribution in [0, 0.1) is 25.2 Å². The zero-order valence-electron chi connectivity index (χ0n) is 17.3. The number of ether oxygens (including phenoxy) is 1. The minimum atomic E-state index is -0.511. The summed E-state index contributed by atoms with van der Waals surface area (Å²) in [5.41, 5.74) is 3.76. The van der Waals surface area contributed by atoms with Gasteiger partial charge in [0.15, 0.2) is 0 Å². The molecule has 2 heterocycles. The van der Waals surface area contributed by atoms with E-state index in [1.807, 2.05) is 56.3 Å². The van der Waals surface area contributed by atoms with Crippen molar-refractivity contribution in [3.8, 4) is 16.6 Å². The molecule has 0 aliphatic carbocycles. The number of aryl methyl sites for hydroxylation is 1. The van der Waals surface area contributed by atoms with Crippen LogP contribution in [0.2, 0.25) is 0 Å². The highest BCUT2D eigenvalue weighted by Gasteiger charge is 2.17. The van der Waals surface area contributed by atoms with Crippen molar-refractivity contribution in [3.05, 3.63) is 58.9 Å². The quantitative estimate of drug-likeness (QED) is 0.451. The monoisotopic (exact) mass is 421 g/mol. The molecule has 30 heavy (non-hydrogen) atoms. The Balaban J connectivity index is 1.81. The van der Waals surface area contributed by atoms with Gasteiger partial charge in [0.25, 0.3) is 5.91 Å². The van der Waals surface area contributed by atoms with Crippen molar-refractivity contribution in [2.24, 2.45) is 0 Å². The number of nitrogens with one attached hydrogen (secondary N) is 1. The molecule has 3 rings (SSSR count). The third-order valence-corrected chi connectivity index (χ3v) is 5.59. The first-order valence-electron chi connectivity index (χ1n) is 9.44. The molecule has 2 aromatic heterocycles. The second-order valence-electron chi connectivity index (χ2n) is 6.90. The summed E-state index contributed by atoms with van der Waals surface area (Å²) >= 11 is 1.26. The third kappa shape index (κ3) is 4.64. The van der Waals surface area contributed by atoms with Gasteiger partial charge in [0, 0.05) is 24.1 Å². The topological polar surface area (TPSA) is 92.8 Å². The molecule has 154 valence electrons. The van der Waals surface area contributed by atoms with E-state index in [1.165, 1.54) is 11.3 Å². The van der Waals surface area contributed by atoms with Crippen molar-refractivity contribution in [1.82, 2.24) is 14.8 Å². The van der Waals surface area contributed by atoms with Gasteiger partial charge in [-0.1, -0.05) is 41.7 Å². The van der Waals surface area contributed by atoms with Gasteiger partial charge in [0.2, 0.25) is 5.13 Å². The predicted molar refractivity (Wildman–Crippen MR) is 118 cm³/mol. The molecular formula is C22H23N5O2S. The molecule has 0 saturated heterocycles. The van der Waals surface area contributed by atoms with Crippen molar-refractivity contribution in [1.29, 1.82) is 5.26 Å². The number of carbonyl (C=O) groups excluding carboxylic acids is 1. The number of methoxy groups -OCH3 is 1. The van der Waals surface area contributed by atoms with E-state index < -0.39 is 5.91 Å². The Morgan fingerprint density at radius 1 is 1.33 bits per heavy atom. The molecule has 1 amide bonds. The molecular weight excluding hydrogens is 398 g/mol. The fourth-order valence-electron chi connectivity index (χ4n) is 3.38. The summed E-state index contributed by atoms with van der Waals surface area (Å²) < 4.78 is 7.39. The van der Waals surface area contributed by atoms with Crippen molar-refractivity contribution in [2.75, 3.05) is 19.0 Å². The largest absolute Gasteiger partial charge is 0.383 e. The van der Waals surface area contributed by atoms with E-state index in [-0.39, 0.29) is 11.6 Å². The van der Waals surface area contributed by atoms with E-state index >= 15 is 0 Å². The van der Waals surface area contributed by atoms with Crippen LogP contribution in [0.5, 0.6) is 0 Å². The van der Waals surface area contributed by atoms with Crippen LogP contribution >= 0.6 is 11.3 Å². The number of anilines is 1. The van der Waals surface area contributed by atoms with Gasteiger partial charge >= 0.3 is 0 Å². The van der Waals surface area contributed by atoms with Gasteiger partial charge in [-0.15, -0.1) is 10.2 Å². The van der Waals surface area contributed by atoms with Gasteiger partial charge in [-0.05, 0) is 38.5 Å². The maximum absolute atomic E-state index is 12.6. The molecule has 0 spiro atoms. The van der Waals surface area contributed by atoms with E-state index in [2.05, 4.69) is 27.0 Å². The Bertz CT molecular complexity index is 1110. The van der Waals surface area contributed by atoms with Crippen LogP contribution in [0.4, 0.5) is 5.13 Å². The minimum Gasteiger partial charge on any atom is -0.383 e. The molecule has 0 bridgehead atoms. The molecule has 0 radical (unpaired) electrons. The molecule has 1 N–H and O–H groups in total. The lowest BCUT2D eigenvalue weighted by Crippen LogP contribution is -2.14.